The second-order valence-corrected chi connectivity index (χ2v) is 4.89. The van der Waals surface area contributed by atoms with E-state index in [1.807, 2.05) is 18.2 Å². The van der Waals surface area contributed by atoms with Crippen LogP contribution in [0.5, 0.6) is 0 Å². The quantitative estimate of drug-likeness (QED) is 0.902. The van der Waals surface area contributed by atoms with E-state index in [4.69, 9.17) is 16.7 Å². The maximum absolute atomic E-state index is 10.5. The third kappa shape index (κ3) is 2.91. The molecular formula is C12H10BrClN2O2. The summed E-state index contributed by atoms with van der Waals surface area (Å²) in [5.74, 6) is -0.205. The first kappa shape index (κ1) is 13.1. The van der Waals surface area contributed by atoms with Gasteiger partial charge in [0.1, 0.15) is 10.4 Å². The van der Waals surface area contributed by atoms with Gasteiger partial charge in [0, 0.05) is 12.0 Å². The van der Waals surface area contributed by atoms with Crippen molar-refractivity contribution in [3.05, 3.63) is 39.6 Å². The summed E-state index contributed by atoms with van der Waals surface area (Å²) in [5.41, 5.74) is 1.55. The molecule has 1 aromatic carbocycles. The molecule has 0 atom stereocenters. The topological polar surface area (TPSA) is 66.0 Å². The van der Waals surface area contributed by atoms with E-state index in [0.29, 0.717) is 21.9 Å². The predicted octanol–water partition coefficient (Wildman–Crippen LogP) is 3.51. The lowest BCUT2D eigenvalue weighted by Gasteiger charge is -1.99. The van der Waals surface area contributed by atoms with Crippen LogP contribution >= 0.6 is 27.5 Å². The number of hydrogen-bond acceptors (Lipinski definition) is 2. The first-order valence-electron chi connectivity index (χ1n) is 5.29. The Morgan fingerprint density at radius 2 is 2.17 bits per heavy atom. The molecule has 4 nitrogen and oxygen atoms in total. The number of nitrogens with one attached hydrogen (secondary N) is 1. The first-order chi connectivity index (χ1) is 8.58. The third-order valence-electron chi connectivity index (χ3n) is 2.45. The molecule has 94 valence electrons. The van der Waals surface area contributed by atoms with Crippen molar-refractivity contribution in [2.75, 3.05) is 0 Å². The van der Waals surface area contributed by atoms with Gasteiger partial charge >= 0.3 is 5.97 Å². The van der Waals surface area contributed by atoms with Gasteiger partial charge in [-0.3, -0.25) is 4.79 Å². The number of aliphatic carboxylic acids is 1. The molecule has 0 unspecified atom stereocenters. The molecule has 2 aromatic rings. The van der Waals surface area contributed by atoms with Gasteiger partial charge in [0.05, 0.1) is 17.1 Å². The van der Waals surface area contributed by atoms with Crippen LogP contribution in [0.1, 0.15) is 12.1 Å². The summed E-state index contributed by atoms with van der Waals surface area (Å²) < 4.78 is 0.624. The lowest BCUT2D eigenvalue weighted by atomic mass is 10.2. The second-order valence-electron chi connectivity index (χ2n) is 3.73. The molecule has 0 saturated carbocycles. The van der Waals surface area contributed by atoms with E-state index in [2.05, 4.69) is 25.9 Å². The maximum atomic E-state index is 10.5. The molecule has 0 bridgehead atoms. The molecule has 1 aromatic heterocycles. The van der Waals surface area contributed by atoms with Crippen molar-refractivity contribution < 1.29 is 9.90 Å². The highest BCUT2D eigenvalue weighted by molar-refractivity contribution is 9.10. The molecule has 0 aliphatic carbocycles. The van der Waals surface area contributed by atoms with Crippen molar-refractivity contribution in [3.8, 4) is 11.4 Å². The fraction of sp³-hybridized carbons (Fsp3) is 0.167. The Balaban J connectivity index is 2.29. The van der Waals surface area contributed by atoms with Crippen molar-refractivity contribution in [2.45, 2.75) is 12.8 Å². The monoisotopic (exact) mass is 328 g/mol. The molecule has 1 heterocycles. The second kappa shape index (κ2) is 5.54. The highest BCUT2D eigenvalue weighted by atomic mass is 79.9. The van der Waals surface area contributed by atoms with Crippen LogP contribution in [0.3, 0.4) is 0 Å². The van der Waals surface area contributed by atoms with E-state index >= 15 is 0 Å². The Hall–Kier alpha value is -1.33. The van der Waals surface area contributed by atoms with Crippen molar-refractivity contribution in [2.24, 2.45) is 0 Å². The van der Waals surface area contributed by atoms with Crippen LogP contribution in [0, 0.1) is 0 Å². The maximum Gasteiger partial charge on any atom is 0.303 e. The highest BCUT2D eigenvalue weighted by Gasteiger charge is 2.12. The van der Waals surface area contributed by atoms with Gasteiger partial charge in [-0.25, -0.2) is 4.98 Å². The van der Waals surface area contributed by atoms with Crippen LogP contribution in [0.4, 0.5) is 0 Å². The first-order valence-corrected chi connectivity index (χ1v) is 6.46. The molecule has 0 radical (unpaired) electrons. The molecule has 2 N–H and O–H groups in total. The molecule has 0 aliphatic heterocycles. The van der Waals surface area contributed by atoms with E-state index in [0.717, 1.165) is 11.3 Å². The van der Waals surface area contributed by atoms with Crippen molar-refractivity contribution >= 4 is 33.5 Å². The minimum absolute atomic E-state index is 0.0583. The number of aromatic nitrogens is 2. The average molecular weight is 330 g/mol. The number of carbonyl (C=O) groups is 1. The van der Waals surface area contributed by atoms with Crippen molar-refractivity contribution in [1.29, 1.82) is 0 Å². The van der Waals surface area contributed by atoms with E-state index in [-0.39, 0.29) is 6.42 Å². The summed E-state index contributed by atoms with van der Waals surface area (Å²) in [6, 6.07) is 7.35. The Labute approximate surface area is 117 Å². The zero-order valence-electron chi connectivity index (χ0n) is 9.28. The summed E-state index contributed by atoms with van der Waals surface area (Å²) in [6.45, 7) is 0. The van der Waals surface area contributed by atoms with E-state index in [1.54, 1.807) is 6.07 Å². The highest BCUT2D eigenvalue weighted by Crippen LogP contribution is 2.28. The van der Waals surface area contributed by atoms with Gasteiger partial charge in [-0.05, 0) is 28.1 Å². The van der Waals surface area contributed by atoms with E-state index in [9.17, 15) is 4.79 Å². The molecule has 0 aliphatic rings. The zero-order chi connectivity index (χ0) is 13.1. The Morgan fingerprint density at radius 3 is 2.83 bits per heavy atom. The van der Waals surface area contributed by atoms with Crippen LogP contribution in [0.25, 0.3) is 11.4 Å². The lowest BCUT2D eigenvalue weighted by molar-refractivity contribution is -0.136. The summed E-state index contributed by atoms with van der Waals surface area (Å²) >= 11 is 9.39. The molecule has 0 amide bonds. The normalized spacial score (nSPS) is 10.6. The van der Waals surface area contributed by atoms with Gasteiger partial charge < -0.3 is 10.1 Å². The number of rotatable bonds is 4. The molecule has 6 heteroatoms. The number of aromatic amines is 1. The number of nitrogens with zero attached hydrogens (tertiary/aromatic N) is 1. The van der Waals surface area contributed by atoms with Gasteiger partial charge in [-0.1, -0.05) is 23.7 Å². The number of hydrogen-bond donors (Lipinski definition) is 2. The summed E-state index contributed by atoms with van der Waals surface area (Å²) in [6.07, 6.45) is 0.454. The summed E-state index contributed by atoms with van der Waals surface area (Å²) in [7, 11) is 0. The number of carboxylic acids is 1. The molecular weight excluding hydrogens is 320 g/mol. The minimum Gasteiger partial charge on any atom is -0.481 e. The fourth-order valence-corrected chi connectivity index (χ4v) is 2.27. The Kier molecular flexibility index (Phi) is 4.04. The van der Waals surface area contributed by atoms with Crippen molar-refractivity contribution in [3.63, 3.8) is 0 Å². The Bertz CT molecular complexity index is 583. The van der Waals surface area contributed by atoms with E-state index < -0.39 is 5.97 Å². The number of halogens is 2. The van der Waals surface area contributed by atoms with Crippen LogP contribution in [0.15, 0.2) is 28.9 Å². The van der Waals surface area contributed by atoms with Gasteiger partial charge in [0.25, 0.3) is 0 Å². The summed E-state index contributed by atoms with van der Waals surface area (Å²) in [5, 5.41) is 9.26. The molecule has 18 heavy (non-hydrogen) atoms. The molecule has 0 spiro atoms. The molecule has 0 saturated heterocycles. The lowest BCUT2D eigenvalue weighted by Crippen LogP contribution is -1.98. The fourth-order valence-electron chi connectivity index (χ4n) is 1.57. The van der Waals surface area contributed by atoms with Crippen LogP contribution in [0.2, 0.25) is 5.02 Å². The predicted molar refractivity (Wildman–Crippen MR) is 72.7 cm³/mol. The standard InChI is InChI=1S/C12H10BrClN2O2/c13-11-9(5-6-10(17)18)15-12(16-11)7-3-1-2-4-8(7)14/h1-4H,5-6H2,(H,15,16)(H,17,18). The average Bonchev–Trinajstić information content (AvgIpc) is 2.68. The SMILES string of the molecule is O=C(O)CCc1[nH]c(-c2ccccc2Cl)nc1Br. The third-order valence-corrected chi connectivity index (χ3v) is 3.43. The molecule has 0 fully saturated rings. The van der Waals surface area contributed by atoms with Gasteiger partial charge in [0.2, 0.25) is 0 Å². The zero-order valence-corrected chi connectivity index (χ0v) is 11.6. The van der Waals surface area contributed by atoms with Gasteiger partial charge in [-0.15, -0.1) is 0 Å². The Morgan fingerprint density at radius 1 is 1.44 bits per heavy atom. The van der Waals surface area contributed by atoms with Crippen LogP contribution < -0.4 is 0 Å². The smallest absolute Gasteiger partial charge is 0.303 e. The number of carboxylic acid groups (broad SMARTS) is 1. The van der Waals surface area contributed by atoms with Crippen LogP contribution in [-0.4, -0.2) is 21.0 Å². The summed E-state index contributed by atoms with van der Waals surface area (Å²) in [4.78, 5) is 17.9. The van der Waals surface area contributed by atoms with Gasteiger partial charge in [0.15, 0.2) is 0 Å². The minimum atomic E-state index is -0.837. The van der Waals surface area contributed by atoms with Gasteiger partial charge in [-0.2, -0.15) is 0 Å². The number of benzene rings is 1. The largest absolute Gasteiger partial charge is 0.481 e. The van der Waals surface area contributed by atoms with E-state index in [1.165, 1.54) is 0 Å². The number of aryl methyl sites for hydroxylation is 1. The van der Waals surface area contributed by atoms with Crippen LogP contribution in [-0.2, 0) is 11.2 Å². The number of H-pyrrole nitrogens is 1. The number of imidazole rings is 1. The van der Waals surface area contributed by atoms with Crippen molar-refractivity contribution in [1.82, 2.24) is 9.97 Å². The molecule has 2 rings (SSSR count).